The second-order valence-corrected chi connectivity index (χ2v) is 4.16. The van der Waals surface area contributed by atoms with Gasteiger partial charge in [0.05, 0.1) is 18.2 Å². The van der Waals surface area contributed by atoms with Crippen molar-refractivity contribution in [2.75, 3.05) is 6.61 Å². The van der Waals surface area contributed by atoms with Gasteiger partial charge in [-0.05, 0) is 31.5 Å². The molecule has 0 spiro atoms. The Bertz CT molecular complexity index is 492. The number of hydrogen-bond acceptors (Lipinski definition) is 4. The van der Waals surface area contributed by atoms with E-state index in [1.807, 2.05) is 22.9 Å². The average Bonchev–Trinajstić information content (AvgIpc) is 2.70. The Morgan fingerprint density at radius 2 is 2.19 bits per heavy atom. The molecule has 16 heavy (non-hydrogen) atoms. The topological polar surface area (TPSA) is 77.0 Å². The number of aliphatic hydroxyl groups excluding tert-OH is 1. The maximum Gasteiger partial charge on any atom is 0.113 e. The highest BCUT2D eigenvalue weighted by atomic mass is 16.3. The number of hydrogen-bond donors (Lipinski definition) is 2. The molecule has 0 aliphatic rings. The molecule has 2 aromatic rings. The lowest BCUT2D eigenvalue weighted by atomic mass is 10.1. The Balaban J connectivity index is 2.49. The summed E-state index contributed by atoms with van der Waals surface area (Å²) in [5, 5.41) is 17.2. The molecular formula is C11H16N4O. The van der Waals surface area contributed by atoms with Crippen LogP contribution in [0.5, 0.6) is 0 Å². The van der Waals surface area contributed by atoms with Gasteiger partial charge in [-0.2, -0.15) is 0 Å². The van der Waals surface area contributed by atoms with E-state index in [0.29, 0.717) is 0 Å². The van der Waals surface area contributed by atoms with Crippen LogP contribution in [0.15, 0.2) is 18.2 Å². The van der Waals surface area contributed by atoms with Crippen molar-refractivity contribution in [2.45, 2.75) is 25.9 Å². The van der Waals surface area contributed by atoms with E-state index in [9.17, 15) is 0 Å². The standard InChI is InChI=1S/C11H16N4O/c1-7(2)15-11-4-3-8(9(12)6-16)5-10(11)13-14-15/h3-5,7,9,16H,6,12H2,1-2H3. The number of aromatic nitrogens is 3. The molecule has 86 valence electrons. The fraction of sp³-hybridized carbons (Fsp3) is 0.455. The molecule has 3 N–H and O–H groups in total. The van der Waals surface area contributed by atoms with Gasteiger partial charge in [0.2, 0.25) is 0 Å². The predicted molar refractivity (Wildman–Crippen MR) is 61.9 cm³/mol. The van der Waals surface area contributed by atoms with E-state index in [4.69, 9.17) is 10.8 Å². The van der Waals surface area contributed by atoms with Crippen LogP contribution in [0.25, 0.3) is 11.0 Å². The molecule has 0 saturated heterocycles. The number of nitrogens with two attached hydrogens (primary N) is 1. The minimum Gasteiger partial charge on any atom is -0.394 e. The molecule has 5 nitrogen and oxygen atoms in total. The molecule has 1 heterocycles. The van der Waals surface area contributed by atoms with Crippen LogP contribution < -0.4 is 5.73 Å². The van der Waals surface area contributed by atoms with Crippen molar-refractivity contribution < 1.29 is 5.11 Å². The summed E-state index contributed by atoms with van der Waals surface area (Å²) >= 11 is 0. The summed E-state index contributed by atoms with van der Waals surface area (Å²) in [5.41, 5.74) is 8.43. The highest BCUT2D eigenvalue weighted by molar-refractivity contribution is 5.75. The average molecular weight is 220 g/mol. The van der Waals surface area contributed by atoms with Crippen LogP contribution in [0.4, 0.5) is 0 Å². The van der Waals surface area contributed by atoms with E-state index in [1.165, 1.54) is 0 Å². The fourth-order valence-corrected chi connectivity index (χ4v) is 1.68. The van der Waals surface area contributed by atoms with Gasteiger partial charge in [-0.3, -0.25) is 0 Å². The lowest BCUT2D eigenvalue weighted by Crippen LogP contribution is -2.14. The Hall–Kier alpha value is -1.46. The molecule has 1 atom stereocenters. The van der Waals surface area contributed by atoms with Gasteiger partial charge in [-0.25, -0.2) is 4.68 Å². The minimum atomic E-state index is -0.353. The smallest absolute Gasteiger partial charge is 0.113 e. The van der Waals surface area contributed by atoms with Crippen LogP contribution in [0.1, 0.15) is 31.5 Å². The Labute approximate surface area is 93.9 Å². The molecule has 1 aromatic carbocycles. The molecule has 2 rings (SSSR count). The third-order valence-electron chi connectivity index (χ3n) is 2.61. The normalized spacial score (nSPS) is 13.6. The monoisotopic (exact) mass is 220 g/mol. The predicted octanol–water partition coefficient (Wildman–Crippen LogP) is 1.00. The molecular weight excluding hydrogens is 204 g/mol. The highest BCUT2D eigenvalue weighted by Gasteiger charge is 2.10. The maximum atomic E-state index is 8.99. The highest BCUT2D eigenvalue weighted by Crippen LogP contribution is 2.19. The molecule has 0 fully saturated rings. The number of rotatable bonds is 3. The zero-order valence-corrected chi connectivity index (χ0v) is 9.46. The summed E-state index contributed by atoms with van der Waals surface area (Å²) in [6.45, 7) is 4.05. The summed E-state index contributed by atoms with van der Waals surface area (Å²) in [7, 11) is 0. The van der Waals surface area contributed by atoms with Crippen LogP contribution >= 0.6 is 0 Å². The third kappa shape index (κ3) is 1.79. The lowest BCUT2D eigenvalue weighted by Gasteiger charge is -2.09. The number of nitrogens with zero attached hydrogens (tertiary/aromatic N) is 3. The van der Waals surface area contributed by atoms with Crippen molar-refractivity contribution >= 4 is 11.0 Å². The summed E-state index contributed by atoms with van der Waals surface area (Å²) < 4.78 is 1.86. The van der Waals surface area contributed by atoms with Gasteiger partial charge in [0.15, 0.2) is 0 Å². The van der Waals surface area contributed by atoms with Gasteiger partial charge in [0, 0.05) is 6.04 Å². The van der Waals surface area contributed by atoms with Gasteiger partial charge in [0.1, 0.15) is 5.52 Å². The van der Waals surface area contributed by atoms with Crippen molar-refractivity contribution in [2.24, 2.45) is 5.73 Å². The fourth-order valence-electron chi connectivity index (χ4n) is 1.68. The Morgan fingerprint density at radius 3 is 2.81 bits per heavy atom. The van der Waals surface area contributed by atoms with E-state index in [2.05, 4.69) is 24.2 Å². The van der Waals surface area contributed by atoms with E-state index in [0.717, 1.165) is 16.6 Å². The van der Waals surface area contributed by atoms with Gasteiger partial charge in [-0.15, -0.1) is 5.10 Å². The van der Waals surface area contributed by atoms with E-state index < -0.39 is 0 Å². The van der Waals surface area contributed by atoms with E-state index >= 15 is 0 Å². The first kappa shape index (κ1) is 11.0. The second kappa shape index (κ2) is 4.19. The minimum absolute atomic E-state index is 0.0657. The van der Waals surface area contributed by atoms with Crippen molar-refractivity contribution in [3.05, 3.63) is 23.8 Å². The van der Waals surface area contributed by atoms with E-state index in [-0.39, 0.29) is 18.7 Å². The van der Waals surface area contributed by atoms with Gasteiger partial charge >= 0.3 is 0 Å². The van der Waals surface area contributed by atoms with E-state index in [1.54, 1.807) is 0 Å². The van der Waals surface area contributed by atoms with Crippen LogP contribution in [0.2, 0.25) is 0 Å². The Kier molecular flexibility index (Phi) is 2.89. The van der Waals surface area contributed by atoms with Crippen molar-refractivity contribution in [3.8, 4) is 0 Å². The molecule has 0 bridgehead atoms. The second-order valence-electron chi connectivity index (χ2n) is 4.16. The molecule has 0 radical (unpaired) electrons. The molecule has 5 heteroatoms. The first-order chi connectivity index (χ1) is 7.63. The largest absolute Gasteiger partial charge is 0.394 e. The molecule has 0 aliphatic heterocycles. The zero-order chi connectivity index (χ0) is 11.7. The summed E-state index contributed by atoms with van der Waals surface area (Å²) in [5.74, 6) is 0. The van der Waals surface area contributed by atoms with Crippen molar-refractivity contribution in [3.63, 3.8) is 0 Å². The molecule has 0 aliphatic carbocycles. The quantitative estimate of drug-likeness (QED) is 0.809. The summed E-state index contributed by atoms with van der Waals surface area (Å²) in [6.07, 6.45) is 0. The third-order valence-corrected chi connectivity index (χ3v) is 2.61. The molecule has 0 amide bonds. The number of fused-ring (bicyclic) bond motifs is 1. The Morgan fingerprint density at radius 1 is 1.44 bits per heavy atom. The van der Waals surface area contributed by atoms with Crippen molar-refractivity contribution in [1.29, 1.82) is 0 Å². The molecule has 0 saturated carbocycles. The first-order valence-electron chi connectivity index (χ1n) is 5.34. The summed E-state index contributed by atoms with van der Waals surface area (Å²) in [6, 6.07) is 5.66. The SMILES string of the molecule is CC(C)n1nnc2cc(C(N)CO)ccc21. The zero-order valence-electron chi connectivity index (χ0n) is 9.46. The maximum absolute atomic E-state index is 8.99. The van der Waals surface area contributed by atoms with Gasteiger partial charge < -0.3 is 10.8 Å². The van der Waals surface area contributed by atoms with Crippen LogP contribution in [0, 0.1) is 0 Å². The molecule has 1 aromatic heterocycles. The van der Waals surface area contributed by atoms with Gasteiger partial charge in [-0.1, -0.05) is 11.3 Å². The summed E-state index contributed by atoms with van der Waals surface area (Å²) in [4.78, 5) is 0. The van der Waals surface area contributed by atoms with Crippen LogP contribution in [0.3, 0.4) is 0 Å². The number of aliphatic hydroxyl groups is 1. The lowest BCUT2D eigenvalue weighted by molar-refractivity contribution is 0.268. The van der Waals surface area contributed by atoms with Crippen molar-refractivity contribution in [1.82, 2.24) is 15.0 Å². The molecule has 1 unspecified atom stereocenters. The van der Waals surface area contributed by atoms with Crippen LogP contribution in [-0.4, -0.2) is 26.7 Å². The first-order valence-corrected chi connectivity index (χ1v) is 5.34. The number of benzene rings is 1. The van der Waals surface area contributed by atoms with Gasteiger partial charge in [0.25, 0.3) is 0 Å². The van der Waals surface area contributed by atoms with Crippen LogP contribution in [-0.2, 0) is 0 Å².